The number of unbranched alkanes of at least 4 members (excludes halogenated alkanes) is 1. The lowest BCUT2D eigenvalue weighted by atomic mass is 9.63. The SMILES string of the molecule is C=C(C)[C@@H]1CC2(CCN(S(=O)(=O)c3ccc(-c4ccccc4)cc3)CC2)[C@@H](CCCC)O[C@H]1c1c(C)cc(-c2ccc(C(C)C)cc2)cc1OCC(=O)O. The van der Waals surface area contributed by atoms with E-state index in [2.05, 4.69) is 64.6 Å². The van der Waals surface area contributed by atoms with Crippen molar-refractivity contribution < 1.29 is 27.8 Å². The summed E-state index contributed by atoms with van der Waals surface area (Å²) in [5.74, 6) is -0.183. The zero-order valence-corrected chi connectivity index (χ0v) is 33.2. The van der Waals surface area contributed by atoms with Gasteiger partial charge in [-0.1, -0.05) is 119 Å². The molecule has 0 aromatic heterocycles. The molecule has 0 radical (unpaired) electrons. The van der Waals surface area contributed by atoms with Gasteiger partial charge in [-0.05, 0) is 102 Å². The van der Waals surface area contributed by atoms with Gasteiger partial charge < -0.3 is 14.6 Å². The molecule has 0 bridgehead atoms. The maximum absolute atomic E-state index is 14.0. The van der Waals surface area contributed by atoms with Crippen LogP contribution < -0.4 is 4.74 Å². The molecule has 6 rings (SSSR count). The number of carboxylic acids is 1. The molecule has 54 heavy (non-hydrogen) atoms. The van der Waals surface area contributed by atoms with Crippen LogP contribution in [0.3, 0.4) is 0 Å². The van der Waals surface area contributed by atoms with Crippen LogP contribution in [-0.4, -0.2) is 49.6 Å². The number of hydrogen-bond acceptors (Lipinski definition) is 5. The molecule has 0 unspecified atom stereocenters. The molecule has 4 aromatic carbocycles. The monoisotopic (exact) mass is 749 g/mol. The molecule has 1 spiro atoms. The summed E-state index contributed by atoms with van der Waals surface area (Å²) in [6, 6.07) is 29.7. The van der Waals surface area contributed by atoms with Crippen LogP contribution in [0, 0.1) is 18.3 Å². The number of ether oxygens (including phenoxy) is 2. The zero-order chi connectivity index (χ0) is 38.6. The van der Waals surface area contributed by atoms with Gasteiger partial charge in [0.25, 0.3) is 0 Å². The standard InChI is InChI=1S/C46H55NO6S/c1-7-8-14-42-46(23-25-47(26-24-46)54(50,51)39-21-19-36(20-22-39)35-12-10-9-11-13-35)29-40(32(4)5)45(53-42)44-33(6)27-38(28-41(44)52-30-43(48)49)37-17-15-34(16-18-37)31(2)3/h9-13,15-22,27-28,31,40,42,45H,4,7-8,14,23-26,29-30H2,1-3,5-6H3,(H,48,49)/t40-,42+,45+/m0/s1. The Morgan fingerprint density at radius 2 is 1.56 bits per heavy atom. The van der Waals surface area contributed by atoms with E-state index in [1.54, 1.807) is 16.4 Å². The zero-order valence-electron chi connectivity index (χ0n) is 32.4. The molecule has 2 fully saturated rings. The van der Waals surface area contributed by atoms with Gasteiger partial charge in [-0.15, -0.1) is 0 Å². The Hall–Kier alpha value is -4.24. The summed E-state index contributed by atoms with van der Waals surface area (Å²) in [4.78, 5) is 12.1. The van der Waals surface area contributed by atoms with Crippen molar-refractivity contribution >= 4 is 16.0 Å². The van der Waals surface area contributed by atoms with Gasteiger partial charge in [0.1, 0.15) is 5.75 Å². The number of piperidine rings is 1. The van der Waals surface area contributed by atoms with Crippen molar-refractivity contribution in [1.82, 2.24) is 4.31 Å². The fourth-order valence-electron chi connectivity index (χ4n) is 8.47. The van der Waals surface area contributed by atoms with Crippen LogP contribution in [0.25, 0.3) is 22.3 Å². The second-order valence-corrected chi connectivity index (χ2v) is 17.6. The van der Waals surface area contributed by atoms with Crippen molar-refractivity contribution in [2.45, 2.75) is 96.2 Å². The second-order valence-electron chi connectivity index (χ2n) is 15.7. The number of nitrogens with zero attached hydrogens (tertiary/aromatic N) is 1. The Labute approximate surface area is 322 Å². The highest BCUT2D eigenvalue weighted by molar-refractivity contribution is 7.89. The predicted octanol–water partition coefficient (Wildman–Crippen LogP) is 10.6. The summed E-state index contributed by atoms with van der Waals surface area (Å²) in [5.41, 5.74) is 7.86. The van der Waals surface area contributed by atoms with E-state index in [0.717, 1.165) is 64.6 Å². The minimum Gasteiger partial charge on any atom is -0.481 e. The summed E-state index contributed by atoms with van der Waals surface area (Å²) >= 11 is 0. The number of sulfonamides is 1. The summed E-state index contributed by atoms with van der Waals surface area (Å²) in [6.45, 7) is 15.4. The number of carboxylic acid groups (broad SMARTS) is 1. The van der Waals surface area contributed by atoms with E-state index in [4.69, 9.17) is 9.47 Å². The summed E-state index contributed by atoms with van der Waals surface area (Å²) in [6.07, 6.45) is 4.53. The largest absolute Gasteiger partial charge is 0.481 e. The Morgan fingerprint density at radius 3 is 2.15 bits per heavy atom. The normalized spacial score (nSPS) is 20.2. The smallest absolute Gasteiger partial charge is 0.341 e. The van der Waals surface area contributed by atoms with Crippen LogP contribution in [0.1, 0.15) is 94.9 Å². The molecule has 0 aliphatic carbocycles. The van der Waals surface area contributed by atoms with Crippen molar-refractivity contribution in [3.63, 3.8) is 0 Å². The van der Waals surface area contributed by atoms with Gasteiger partial charge in [0.2, 0.25) is 10.0 Å². The van der Waals surface area contributed by atoms with Gasteiger partial charge in [0, 0.05) is 24.6 Å². The van der Waals surface area contributed by atoms with E-state index in [0.29, 0.717) is 42.5 Å². The molecule has 4 aromatic rings. The Morgan fingerprint density at radius 1 is 0.944 bits per heavy atom. The highest BCUT2D eigenvalue weighted by Gasteiger charge is 2.51. The Balaban J connectivity index is 1.29. The highest BCUT2D eigenvalue weighted by atomic mass is 32.2. The lowest BCUT2D eigenvalue weighted by molar-refractivity contribution is -0.170. The van der Waals surface area contributed by atoms with Crippen molar-refractivity contribution in [2.24, 2.45) is 11.3 Å². The highest BCUT2D eigenvalue weighted by Crippen LogP contribution is 2.56. The van der Waals surface area contributed by atoms with Crippen molar-refractivity contribution in [3.8, 4) is 28.0 Å². The third-order valence-electron chi connectivity index (χ3n) is 11.7. The van der Waals surface area contributed by atoms with Crippen LogP contribution in [0.5, 0.6) is 5.75 Å². The van der Waals surface area contributed by atoms with E-state index in [1.807, 2.05) is 55.5 Å². The van der Waals surface area contributed by atoms with Crippen molar-refractivity contribution in [3.05, 3.63) is 120 Å². The fourth-order valence-corrected chi connectivity index (χ4v) is 9.91. The second kappa shape index (κ2) is 16.6. The van der Waals surface area contributed by atoms with E-state index < -0.39 is 22.6 Å². The molecule has 0 amide bonds. The van der Waals surface area contributed by atoms with E-state index in [1.165, 1.54) is 5.56 Å². The van der Waals surface area contributed by atoms with Crippen LogP contribution in [0.15, 0.2) is 108 Å². The quantitative estimate of drug-likeness (QED) is 0.137. The maximum atomic E-state index is 14.0. The van der Waals surface area contributed by atoms with Crippen LogP contribution >= 0.6 is 0 Å². The molecule has 2 aliphatic rings. The number of aliphatic carboxylic acids is 1. The molecular formula is C46H55NO6S. The first-order valence-corrected chi connectivity index (χ1v) is 20.8. The van der Waals surface area contributed by atoms with Crippen molar-refractivity contribution in [1.29, 1.82) is 0 Å². The van der Waals surface area contributed by atoms with E-state index >= 15 is 0 Å². The van der Waals surface area contributed by atoms with Crippen LogP contribution in [-0.2, 0) is 19.6 Å². The number of rotatable bonds is 13. The first-order valence-electron chi connectivity index (χ1n) is 19.4. The van der Waals surface area contributed by atoms with Gasteiger partial charge in [0.15, 0.2) is 6.61 Å². The molecule has 7 nitrogen and oxygen atoms in total. The van der Waals surface area contributed by atoms with E-state index in [-0.39, 0.29) is 23.5 Å². The van der Waals surface area contributed by atoms with E-state index in [9.17, 15) is 18.3 Å². The summed E-state index contributed by atoms with van der Waals surface area (Å²) in [5, 5.41) is 9.65. The number of benzene rings is 4. The molecule has 286 valence electrons. The lowest BCUT2D eigenvalue weighted by Crippen LogP contribution is -2.53. The fraction of sp³-hybridized carbons (Fsp3) is 0.413. The molecule has 3 atom stereocenters. The van der Waals surface area contributed by atoms with Crippen LogP contribution in [0.2, 0.25) is 0 Å². The van der Waals surface area contributed by atoms with Gasteiger partial charge >= 0.3 is 5.97 Å². The lowest BCUT2D eigenvalue weighted by Gasteiger charge is -2.54. The molecule has 2 aliphatic heterocycles. The predicted molar refractivity (Wildman–Crippen MR) is 216 cm³/mol. The minimum atomic E-state index is -3.68. The number of aryl methyl sites for hydroxylation is 1. The Bertz CT molecular complexity index is 2030. The maximum Gasteiger partial charge on any atom is 0.341 e. The average Bonchev–Trinajstić information content (AvgIpc) is 3.17. The molecular weight excluding hydrogens is 695 g/mol. The molecule has 8 heteroatoms. The first-order chi connectivity index (χ1) is 25.8. The van der Waals surface area contributed by atoms with Crippen molar-refractivity contribution in [2.75, 3.05) is 19.7 Å². The number of carbonyl (C=O) groups is 1. The number of hydrogen-bond donors (Lipinski definition) is 1. The third-order valence-corrected chi connectivity index (χ3v) is 13.6. The van der Waals surface area contributed by atoms with Gasteiger partial charge in [0.05, 0.1) is 17.1 Å². The molecule has 2 heterocycles. The first kappa shape index (κ1) is 39.5. The summed E-state index contributed by atoms with van der Waals surface area (Å²) in [7, 11) is -3.68. The molecule has 1 N–H and O–H groups in total. The third kappa shape index (κ3) is 8.36. The Kier molecular flexibility index (Phi) is 12.2. The molecule has 2 saturated heterocycles. The minimum absolute atomic E-state index is 0.0707. The van der Waals surface area contributed by atoms with Crippen LogP contribution in [0.4, 0.5) is 0 Å². The van der Waals surface area contributed by atoms with Gasteiger partial charge in [-0.2, -0.15) is 4.31 Å². The van der Waals surface area contributed by atoms with Gasteiger partial charge in [-0.3, -0.25) is 0 Å². The average molecular weight is 750 g/mol. The molecule has 0 saturated carbocycles. The summed E-state index contributed by atoms with van der Waals surface area (Å²) < 4.78 is 42.9. The topological polar surface area (TPSA) is 93.1 Å². The van der Waals surface area contributed by atoms with Gasteiger partial charge in [-0.25, -0.2) is 13.2 Å².